The van der Waals surface area contributed by atoms with Gasteiger partial charge in [0.2, 0.25) is 0 Å². The van der Waals surface area contributed by atoms with Crippen molar-refractivity contribution in [2.24, 2.45) is 13.0 Å². The largest absolute Gasteiger partial charge is 0.378 e. The summed E-state index contributed by atoms with van der Waals surface area (Å²) < 4.78 is 7.64. The lowest BCUT2D eigenvalue weighted by atomic mass is 9.88. The average Bonchev–Trinajstić information content (AvgIpc) is 2.94. The molecule has 0 saturated carbocycles. The molecule has 0 aromatic carbocycles. The molecule has 2 rings (SSSR count). The summed E-state index contributed by atoms with van der Waals surface area (Å²) in [5.74, 6) is 0.618. The Morgan fingerprint density at radius 3 is 3.06 bits per heavy atom. The van der Waals surface area contributed by atoms with E-state index in [1.165, 1.54) is 0 Å². The van der Waals surface area contributed by atoms with Crippen molar-refractivity contribution in [1.29, 1.82) is 0 Å². The van der Waals surface area contributed by atoms with Crippen LogP contribution < -0.4 is 5.32 Å². The topological polar surface area (TPSA) is 39.1 Å². The molecule has 1 aromatic heterocycles. The zero-order chi connectivity index (χ0) is 12.3. The predicted octanol–water partition coefficient (Wildman–Crippen LogP) is 1.37. The number of hydrogen-bond donors (Lipinski definition) is 1. The lowest BCUT2D eigenvalue weighted by Gasteiger charge is -2.26. The van der Waals surface area contributed by atoms with Crippen molar-refractivity contribution in [3.05, 3.63) is 18.0 Å². The van der Waals surface area contributed by atoms with Crippen LogP contribution in [0.3, 0.4) is 0 Å². The normalized spacial score (nSPS) is 26.3. The lowest BCUT2D eigenvalue weighted by Crippen LogP contribution is -2.39. The molecule has 3 unspecified atom stereocenters. The molecule has 1 fully saturated rings. The van der Waals surface area contributed by atoms with Gasteiger partial charge in [0.05, 0.1) is 11.8 Å². The molecule has 1 aliphatic heterocycles. The minimum absolute atomic E-state index is 0.413. The highest BCUT2D eigenvalue weighted by atomic mass is 16.5. The van der Waals surface area contributed by atoms with Crippen LogP contribution in [0, 0.1) is 5.92 Å². The summed E-state index contributed by atoms with van der Waals surface area (Å²) in [5, 5.41) is 7.89. The molecular formula is C13H23N3O. The molecule has 1 N–H and O–H groups in total. The fraction of sp³-hybridized carbons (Fsp3) is 0.769. The molecule has 1 aromatic rings. The van der Waals surface area contributed by atoms with Crippen LogP contribution in [-0.4, -0.2) is 35.6 Å². The van der Waals surface area contributed by atoms with Crippen LogP contribution in [0.2, 0.25) is 0 Å². The van der Waals surface area contributed by atoms with E-state index in [0.29, 0.717) is 18.1 Å². The van der Waals surface area contributed by atoms with E-state index >= 15 is 0 Å². The first-order valence-corrected chi connectivity index (χ1v) is 6.52. The first kappa shape index (κ1) is 12.6. The Morgan fingerprint density at radius 2 is 2.47 bits per heavy atom. The Hall–Kier alpha value is -0.870. The number of nitrogens with one attached hydrogen (secondary N) is 1. The highest BCUT2D eigenvalue weighted by Gasteiger charge is 2.33. The summed E-state index contributed by atoms with van der Waals surface area (Å²) in [5.41, 5.74) is 1.16. The maximum Gasteiger partial charge on any atom is 0.0640 e. The summed E-state index contributed by atoms with van der Waals surface area (Å²) >= 11 is 0. The van der Waals surface area contributed by atoms with Gasteiger partial charge >= 0.3 is 0 Å². The van der Waals surface area contributed by atoms with Crippen LogP contribution in [0.4, 0.5) is 0 Å². The standard InChI is InChI=1S/C13H23N3O/c1-4-13-11(6-8-17-13)12(14-2)9-10-5-7-16(3)15-10/h5,7,11-14H,4,6,8-9H2,1-3H3. The minimum atomic E-state index is 0.413. The number of rotatable bonds is 5. The van der Waals surface area contributed by atoms with Crippen molar-refractivity contribution in [2.75, 3.05) is 13.7 Å². The van der Waals surface area contributed by atoms with E-state index in [-0.39, 0.29) is 0 Å². The first-order valence-electron chi connectivity index (χ1n) is 6.52. The molecule has 0 amide bonds. The van der Waals surface area contributed by atoms with Crippen molar-refractivity contribution in [2.45, 2.75) is 38.3 Å². The third kappa shape index (κ3) is 2.87. The number of aromatic nitrogens is 2. The molecule has 0 bridgehead atoms. The zero-order valence-corrected chi connectivity index (χ0v) is 11.0. The van der Waals surface area contributed by atoms with Gasteiger partial charge in [0.15, 0.2) is 0 Å². The van der Waals surface area contributed by atoms with Crippen molar-refractivity contribution in [1.82, 2.24) is 15.1 Å². The maximum atomic E-state index is 5.77. The van der Waals surface area contributed by atoms with Gasteiger partial charge in [-0.1, -0.05) is 6.92 Å². The third-order valence-electron chi connectivity index (χ3n) is 3.75. The Kier molecular flexibility index (Phi) is 4.18. The number of likely N-dealkylation sites (N-methyl/N-ethyl adjacent to an activating group) is 1. The van der Waals surface area contributed by atoms with Gasteiger partial charge in [-0.25, -0.2) is 0 Å². The molecule has 4 nitrogen and oxygen atoms in total. The molecule has 0 aliphatic carbocycles. The van der Waals surface area contributed by atoms with Crippen molar-refractivity contribution >= 4 is 0 Å². The van der Waals surface area contributed by atoms with E-state index in [1.54, 1.807) is 0 Å². The van der Waals surface area contributed by atoms with Crippen LogP contribution in [-0.2, 0) is 18.2 Å². The zero-order valence-electron chi connectivity index (χ0n) is 11.0. The second-order valence-corrected chi connectivity index (χ2v) is 4.85. The smallest absolute Gasteiger partial charge is 0.0640 e. The lowest BCUT2D eigenvalue weighted by molar-refractivity contribution is 0.0782. The van der Waals surface area contributed by atoms with E-state index in [0.717, 1.165) is 31.6 Å². The Morgan fingerprint density at radius 1 is 1.65 bits per heavy atom. The second kappa shape index (κ2) is 5.65. The second-order valence-electron chi connectivity index (χ2n) is 4.85. The molecule has 1 saturated heterocycles. The molecule has 0 radical (unpaired) electrons. The van der Waals surface area contributed by atoms with Crippen LogP contribution in [0.5, 0.6) is 0 Å². The first-order chi connectivity index (χ1) is 8.24. The van der Waals surface area contributed by atoms with Crippen molar-refractivity contribution in [3.8, 4) is 0 Å². The Bertz CT molecular complexity index is 350. The summed E-state index contributed by atoms with van der Waals surface area (Å²) in [6.07, 6.45) is 5.67. The van der Waals surface area contributed by atoms with Crippen LogP contribution in [0.1, 0.15) is 25.5 Å². The highest BCUT2D eigenvalue weighted by Crippen LogP contribution is 2.27. The monoisotopic (exact) mass is 237 g/mol. The number of aryl methyl sites for hydroxylation is 1. The van der Waals surface area contributed by atoms with Gasteiger partial charge in [0.1, 0.15) is 0 Å². The summed E-state index contributed by atoms with van der Waals surface area (Å²) in [4.78, 5) is 0. The van der Waals surface area contributed by atoms with E-state index in [4.69, 9.17) is 4.74 Å². The summed E-state index contributed by atoms with van der Waals surface area (Å²) in [6, 6.07) is 2.57. The number of ether oxygens (including phenoxy) is 1. The van der Waals surface area contributed by atoms with Gasteiger partial charge in [-0.2, -0.15) is 5.10 Å². The molecule has 3 atom stereocenters. The van der Waals surface area contributed by atoms with Crippen molar-refractivity contribution < 1.29 is 4.74 Å². The Labute approximate surface area is 103 Å². The molecule has 2 heterocycles. The van der Waals surface area contributed by atoms with Crippen molar-refractivity contribution in [3.63, 3.8) is 0 Å². The SMILES string of the molecule is CCC1OCCC1C(Cc1ccn(C)n1)NC. The van der Waals surface area contributed by atoms with Crippen LogP contribution in [0.15, 0.2) is 12.3 Å². The summed E-state index contributed by atoms with van der Waals surface area (Å²) in [6.45, 7) is 3.11. The quantitative estimate of drug-likeness (QED) is 0.840. The number of nitrogens with zero attached hydrogens (tertiary/aromatic N) is 2. The number of hydrogen-bond acceptors (Lipinski definition) is 3. The molecule has 1 aliphatic rings. The predicted molar refractivity (Wildman–Crippen MR) is 67.9 cm³/mol. The Balaban J connectivity index is 2.00. The van der Waals surface area contributed by atoms with E-state index in [1.807, 2.05) is 25.0 Å². The van der Waals surface area contributed by atoms with Gasteiger partial charge < -0.3 is 10.1 Å². The van der Waals surface area contributed by atoms with Crippen LogP contribution in [0.25, 0.3) is 0 Å². The molecule has 17 heavy (non-hydrogen) atoms. The third-order valence-corrected chi connectivity index (χ3v) is 3.75. The molecule has 0 spiro atoms. The molecular weight excluding hydrogens is 214 g/mol. The highest BCUT2D eigenvalue weighted by molar-refractivity contribution is 5.03. The van der Waals surface area contributed by atoms with Gasteiger partial charge in [-0.15, -0.1) is 0 Å². The summed E-state index contributed by atoms with van der Waals surface area (Å²) in [7, 11) is 4.00. The van der Waals surface area contributed by atoms with Crippen LogP contribution >= 0.6 is 0 Å². The maximum absolute atomic E-state index is 5.77. The minimum Gasteiger partial charge on any atom is -0.378 e. The van der Waals surface area contributed by atoms with E-state index < -0.39 is 0 Å². The van der Waals surface area contributed by atoms with Gasteiger partial charge in [0, 0.05) is 38.2 Å². The molecule has 96 valence electrons. The fourth-order valence-corrected chi connectivity index (χ4v) is 2.81. The fourth-order valence-electron chi connectivity index (χ4n) is 2.81. The van der Waals surface area contributed by atoms with Gasteiger partial charge in [-0.05, 0) is 26.0 Å². The van der Waals surface area contributed by atoms with Gasteiger partial charge in [0.25, 0.3) is 0 Å². The van der Waals surface area contributed by atoms with E-state index in [9.17, 15) is 0 Å². The molecule has 4 heteroatoms. The van der Waals surface area contributed by atoms with E-state index in [2.05, 4.69) is 23.4 Å². The van der Waals surface area contributed by atoms with Gasteiger partial charge in [-0.3, -0.25) is 4.68 Å². The average molecular weight is 237 g/mol.